The summed E-state index contributed by atoms with van der Waals surface area (Å²) in [6.07, 6.45) is -0.588. The van der Waals surface area contributed by atoms with Gasteiger partial charge >= 0.3 is 0 Å². The van der Waals surface area contributed by atoms with Gasteiger partial charge in [0, 0.05) is 0 Å². The van der Waals surface area contributed by atoms with Gasteiger partial charge in [0.2, 0.25) is 0 Å². The van der Waals surface area contributed by atoms with E-state index in [2.05, 4.69) is 12.2 Å². The van der Waals surface area contributed by atoms with E-state index >= 15 is 0 Å². The van der Waals surface area contributed by atoms with Crippen molar-refractivity contribution in [3.05, 3.63) is 53.6 Å². The zero-order valence-corrected chi connectivity index (χ0v) is 15.2. The van der Waals surface area contributed by atoms with E-state index in [0.717, 1.165) is 11.5 Å². The lowest BCUT2D eigenvalue weighted by Crippen LogP contribution is -2.38. The van der Waals surface area contributed by atoms with Gasteiger partial charge in [0.1, 0.15) is 23.9 Å². The molecule has 0 aliphatic heterocycles. The number of rotatable bonds is 8. The highest BCUT2D eigenvalue weighted by Crippen LogP contribution is 2.18. The molecule has 0 spiro atoms. The van der Waals surface area contributed by atoms with Crippen molar-refractivity contribution in [1.29, 1.82) is 0 Å². The van der Waals surface area contributed by atoms with E-state index in [1.54, 1.807) is 38.3 Å². The summed E-state index contributed by atoms with van der Waals surface area (Å²) in [7, 11) is 1.60. The maximum Gasteiger partial charge on any atom is 0.260 e. The predicted octanol–water partition coefficient (Wildman–Crippen LogP) is 3.27. The number of hydrogen-bond donors (Lipinski definition) is 1. The van der Waals surface area contributed by atoms with E-state index in [0.29, 0.717) is 18.9 Å². The van der Waals surface area contributed by atoms with Crippen LogP contribution in [0.2, 0.25) is 0 Å². The molecule has 0 aromatic heterocycles. The molecule has 0 saturated carbocycles. The second kappa shape index (κ2) is 8.97. The first-order chi connectivity index (χ1) is 12.0. The summed E-state index contributed by atoms with van der Waals surface area (Å²) in [5.41, 5.74) is 2.41. The molecule has 0 fully saturated rings. The van der Waals surface area contributed by atoms with Gasteiger partial charge in [-0.05, 0) is 68.3 Å². The molecule has 5 heteroatoms. The fourth-order valence-electron chi connectivity index (χ4n) is 2.20. The molecule has 5 nitrogen and oxygen atoms in total. The molecule has 1 atom stereocenters. The summed E-state index contributed by atoms with van der Waals surface area (Å²) in [6.45, 7) is 6.64. The Bertz CT molecular complexity index is 697. The highest BCUT2D eigenvalue weighted by molar-refractivity contribution is 5.80. The number of benzene rings is 2. The van der Waals surface area contributed by atoms with Gasteiger partial charge in [-0.3, -0.25) is 4.79 Å². The van der Waals surface area contributed by atoms with Gasteiger partial charge in [0.15, 0.2) is 6.10 Å². The Morgan fingerprint density at radius 1 is 1.00 bits per heavy atom. The van der Waals surface area contributed by atoms with Crippen LogP contribution in [0.5, 0.6) is 17.2 Å². The minimum atomic E-state index is -0.588. The third kappa shape index (κ3) is 5.71. The summed E-state index contributed by atoms with van der Waals surface area (Å²) < 4.78 is 16.3. The van der Waals surface area contributed by atoms with Crippen LogP contribution in [-0.2, 0) is 4.79 Å². The molecular weight excluding hydrogens is 318 g/mol. The van der Waals surface area contributed by atoms with Crippen LogP contribution >= 0.6 is 0 Å². The van der Waals surface area contributed by atoms with Crippen molar-refractivity contribution in [2.75, 3.05) is 20.3 Å². The minimum Gasteiger partial charge on any atom is -0.497 e. The molecule has 0 aliphatic rings. The summed E-state index contributed by atoms with van der Waals surface area (Å²) in [6, 6.07) is 13.1. The van der Waals surface area contributed by atoms with Gasteiger partial charge in [0.05, 0.1) is 13.7 Å². The first kappa shape index (κ1) is 18.6. The van der Waals surface area contributed by atoms with Crippen LogP contribution in [0.3, 0.4) is 0 Å². The maximum absolute atomic E-state index is 12.1. The highest BCUT2D eigenvalue weighted by atomic mass is 16.5. The second-order valence-corrected chi connectivity index (χ2v) is 5.82. The fourth-order valence-corrected chi connectivity index (χ4v) is 2.20. The Morgan fingerprint density at radius 3 is 2.28 bits per heavy atom. The average molecular weight is 343 g/mol. The number of carbonyl (C=O) groups excluding carboxylic acids is 1. The lowest BCUT2D eigenvalue weighted by molar-refractivity contribution is -0.127. The molecule has 1 N–H and O–H groups in total. The molecule has 0 aliphatic carbocycles. The van der Waals surface area contributed by atoms with Gasteiger partial charge in [-0.25, -0.2) is 0 Å². The Labute approximate surface area is 148 Å². The van der Waals surface area contributed by atoms with Crippen molar-refractivity contribution in [2.45, 2.75) is 26.9 Å². The molecule has 25 heavy (non-hydrogen) atoms. The topological polar surface area (TPSA) is 56.8 Å². The van der Waals surface area contributed by atoms with E-state index in [1.807, 2.05) is 25.1 Å². The van der Waals surface area contributed by atoms with E-state index in [1.165, 1.54) is 11.1 Å². The third-order valence-electron chi connectivity index (χ3n) is 3.89. The standard InChI is InChI=1S/C20H25NO4/c1-14-5-6-19(13-15(14)2)24-12-11-21-20(22)16(3)25-18-9-7-17(23-4)8-10-18/h5-10,13,16H,11-12H2,1-4H3,(H,21,22)/t16-/m0/s1. The number of amides is 1. The Morgan fingerprint density at radius 2 is 1.64 bits per heavy atom. The smallest absolute Gasteiger partial charge is 0.260 e. The molecule has 0 radical (unpaired) electrons. The lowest BCUT2D eigenvalue weighted by atomic mass is 10.1. The van der Waals surface area contributed by atoms with Crippen LogP contribution in [-0.4, -0.2) is 32.3 Å². The summed E-state index contributed by atoms with van der Waals surface area (Å²) in [4.78, 5) is 12.1. The molecule has 2 rings (SSSR count). The number of aryl methyl sites for hydroxylation is 2. The zero-order chi connectivity index (χ0) is 18.2. The highest BCUT2D eigenvalue weighted by Gasteiger charge is 2.14. The van der Waals surface area contributed by atoms with Crippen molar-refractivity contribution in [2.24, 2.45) is 0 Å². The number of carbonyl (C=O) groups is 1. The van der Waals surface area contributed by atoms with Gasteiger partial charge in [-0.1, -0.05) is 6.07 Å². The molecule has 2 aromatic rings. The van der Waals surface area contributed by atoms with Crippen LogP contribution in [0, 0.1) is 13.8 Å². The van der Waals surface area contributed by atoms with Crippen molar-refractivity contribution in [3.8, 4) is 17.2 Å². The van der Waals surface area contributed by atoms with Crippen LogP contribution in [0.1, 0.15) is 18.1 Å². The van der Waals surface area contributed by atoms with E-state index < -0.39 is 6.10 Å². The fraction of sp³-hybridized carbons (Fsp3) is 0.350. The van der Waals surface area contributed by atoms with E-state index in [4.69, 9.17) is 14.2 Å². The van der Waals surface area contributed by atoms with Gasteiger partial charge < -0.3 is 19.5 Å². The number of hydrogen-bond acceptors (Lipinski definition) is 4. The third-order valence-corrected chi connectivity index (χ3v) is 3.89. The van der Waals surface area contributed by atoms with Crippen molar-refractivity contribution >= 4 is 5.91 Å². The zero-order valence-electron chi connectivity index (χ0n) is 15.2. The summed E-state index contributed by atoms with van der Waals surface area (Å²) >= 11 is 0. The van der Waals surface area contributed by atoms with Crippen LogP contribution < -0.4 is 19.5 Å². The van der Waals surface area contributed by atoms with Gasteiger partial charge in [0.25, 0.3) is 5.91 Å². The van der Waals surface area contributed by atoms with Crippen molar-refractivity contribution in [3.63, 3.8) is 0 Å². The normalized spacial score (nSPS) is 11.5. The molecule has 1 amide bonds. The summed E-state index contributed by atoms with van der Waals surface area (Å²) in [5, 5.41) is 2.81. The maximum atomic E-state index is 12.1. The largest absolute Gasteiger partial charge is 0.497 e. The van der Waals surface area contributed by atoms with Gasteiger partial charge in [-0.15, -0.1) is 0 Å². The Kier molecular flexibility index (Phi) is 6.69. The van der Waals surface area contributed by atoms with E-state index in [9.17, 15) is 4.79 Å². The molecule has 0 heterocycles. The summed E-state index contributed by atoms with van der Waals surface area (Å²) in [5.74, 6) is 1.99. The molecule has 0 bridgehead atoms. The quantitative estimate of drug-likeness (QED) is 0.748. The van der Waals surface area contributed by atoms with Crippen LogP contribution in [0.25, 0.3) is 0 Å². The van der Waals surface area contributed by atoms with Crippen LogP contribution in [0.15, 0.2) is 42.5 Å². The SMILES string of the molecule is COc1ccc(O[C@@H](C)C(=O)NCCOc2ccc(C)c(C)c2)cc1. The molecular formula is C20H25NO4. The second-order valence-electron chi connectivity index (χ2n) is 5.82. The predicted molar refractivity (Wildman–Crippen MR) is 97.5 cm³/mol. The number of nitrogens with one attached hydrogen (secondary N) is 1. The monoisotopic (exact) mass is 343 g/mol. The Balaban J connectivity index is 1.72. The van der Waals surface area contributed by atoms with Crippen molar-refractivity contribution < 1.29 is 19.0 Å². The lowest BCUT2D eigenvalue weighted by Gasteiger charge is -2.15. The first-order valence-electron chi connectivity index (χ1n) is 8.28. The number of methoxy groups -OCH3 is 1. The molecule has 2 aromatic carbocycles. The minimum absolute atomic E-state index is 0.181. The Hall–Kier alpha value is -2.69. The number of ether oxygens (including phenoxy) is 3. The van der Waals surface area contributed by atoms with Crippen LogP contribution in [0.4, 0.5) is 0 Å². The molecule has 0 saturated heterocycles. The van der Waals surface area contributed by atoms with Crippen molar-refractivity contribution in [1.82, 2.24) is 5.32 Å². The first-order valence-corrected chi connectivity index (χ1v) is 8.28. The average Bonchev–Trinajstić information content (AvgIpc) is 2.62. The molecule has 0 unspecified atom stereocenters. The molecule has 134 valence electrons. The van der Waals surface area contributed by atoms with E-state index in [-0.39, 0.29) is 5.91 Å². The van der Waals surface area contributed by atoms with Gasteiger partial charge in [-0.2, -0.15) is 0 Å².